The first kappa shape index (κ1) is 7.22. The summed E-state index contributed by atoms with van der Waals surface area (Å²) in [6.45, 7) is 4.75. The SMILES string of the molecule is C=C(N)c1ccc2c(c1)CCN2. The van der Waals surface area contributed by atoms with Gasteiger partial charge in [-0.2, -0.15) is 0 Å². The first-order chi connectivity index (χ1) is 5.77. The van der Waals surface area contributed by atoms with Gasteiger partial charge >= 0.3 is 0 Å². The number of benzene rings is 1. The molecule has 0 aliphatic carbocycles. The molecule has 0 aromatic heterocycles. The Labute approximate surface area is 72.1 Å². The first-order valence-electron chi connectivity index (χ1n) is 4.09. The summed E-state index contributed by atoms with van der Waals surface area (Å²) in [4.78, 5) is 0. The van der Waals surface area contributed by atoms with E-state index in [0.29, 0.717) is 5.70 Å². The lowest BCUT2D eigenvalue weighted by Gasteiger charge is -2.03. The van der Waals surface area contributed by atoms with Crippen LogP contribution in [0.25, 0.3) is 5.70 Å². The zero-order valence-electron chi connectivity index (χ0n) is 6.93. The minimum absolute atomic E-state index is 0.643. The summed E-state index contributed by atoms with van der Waals surface area (Å²) in [6.07, 6.45) is 1.09. The van der Waals surface area contributed by atoms with Gasteiger partial charge < -0.3 is 11.1 Å². The Kier molecular flexibility index (Phi) is 1.54. The maximum atomic E-state index is 5.59. The van der Waals surface area contributed by atoms with Crippen molar-refractivity contribution in [1.29, 1.82) is 0 Å². The van der Waals surface area contributed by atoms with E-state index in [1.54, 1.807) is 0 Å². The fraction of sp³-hybridized carbons (Fsp3) is 0.200. The van der Waals surface area contributed by atoms with Gasteiger partial charge in [0.05, 0.1) is 0 Å². The van der Waals surface area contributed by atoms with Crippen LogP contribution in [-0.2, 0) is 6.42 Å². The van der Waals surface area contributed by atoms with Gasteiger partial charge in [0.1, 0.15) is 0 Å². The second-order valence-corrected chi connectivity index (χ2v) is 3.07. The van der Waals surface area contributed by atoms with Crippen LogP contribution < -0.4 is 11.1 Å². The average Bonchev–Trinajstić information content (AvgIpc) is 2.49. The lowest BCUT2D eigenvalue weighted by Crippen LogP contribution is -1.94. The minimum atomic E-state index is 0.643. The van der Waals surface area contributed by atoms with Gasteiger partial charge in [-0.25, -0.2) is 0 Å². The fourth-order valence-electron chi connectivity index (χ4n) is 1.50. The predicted molar refractivity (Wildman–Crippen MR) is 51.9 cm³/mol. The normalized spacial score (nSPS) is 13.7. The van der Waals surface area contributed by atoms with Crippen molar-refractivity contribution < 1.29 is 0 Å². The number of hydrogen-bond acceptors (Lipinski definition) is 2. The molecule has 0 saturated heterocycles. The molecule has 1 aliphatic rings. The van der Waals surface area contributed by atoms with E-state index >= 15 is 0 Å². The Morgan fingerprint density at radius 1 is 1.50 bits per heavy atom. The van der Waals surface area contributed by atoms with Crippen molar-refractivity contribution in [2.75, 3.05) is 11.9 Å². The first-order valence-corrected chi connectivity index (χ1v) is 4.09. The highest BCUT2D eigenvalue weighted by molar-refractivity contribution is 5.66. The molecule has 0 saturated carbocycles. The van der Waals surface area contributed by atoms with Gasteiger partial charge in [0.15, 0.2) is 0 Å². The van der Waals surface area contributed by atoms with Crippen molar-refractivity contribution in [3.8, 4) is 0 Å². The lowest BCUT2D eigenvalue weighted by atomic mass is 10.1. The van der Waals surface area contributed by atoms with Crippen molar-refractivity contribution in [1.82, 2.24) is 0 Å². The number of fused-ring (bicyclic) bond motifs is 1. The van der Waals surface area contributed by atoms with Gasteiger partial charge in [-0.15, -0.1) is 0 Å². The van der Waals surface area contributed by atoms with Crippen molar-refractivity contribution in [2.24, 2.45) is 5.73 Å². The molecule has 0 atom stereocenters. The summed E-state index contributed by atoms with van der Waals surface area (Å²) in [5, 5.41) is 3.30. The summed E-state index contributed by atoms with van der Waals surface area (Å²) in [5.74, 6) is 0. The van der Waals surface area contributed by atoms with E-state index in [1.165, 1.54) is 11.3 Å². The highest BCUT2D eigenvalue weighted by atomic mass is 14.9. The summed E-state index contributed by atoms with van der Waals surface area (Å²) < 4.78 is 0. The molecule has 2 nitrogen and oxygen atoms in total. The maximum absolute atomic E-state index is 5.59. The predicted octanol–water partition coefficient (Wildman–Crippen LogP) is 1.58. The molecule has 2 heteroatoms. The Bertz CT molecular complexity index is 329. The quantitative estimate of drug-likeness (QED) is 0.654. The van der Waals surface area contributed by atoms with Gasteiger partial charge in [-0.1, -0.05) is 12.6 Å². The van der Waals surface area contributed by atoms with E-state index in [0.717, 1.165) is 18.5 Å². The molecule has 12 heavy (non-hydrogen) atoms. The second kappa shape index (κ2) is 2.55. The second-order valence-electron chi connectivity index (χ2n) is 3.07. The number of anilines is 1. The molecule has 1 aromatic carbocycles. The zero-order chi connectivity index (χ0) is 8.55. The molecule has 62 valence electrons. The standard InChI is InChI=1S/C10H12N2/c1-7(11)8-2-3-10-9(6-8)4-5-12-10/h2-3,6,12H,1,4-5,11H2. The highest BCUT2D eigenvalue weighted by Gasteiger charge is 2.09. The molecule has 0 spiro atoms. The zero-order valence-corrected chi connectivity index (χ0v) is 6.93. The van der Waals surface area contributed by atoms with Gasteiger partial charge in [0, 0.05) is 17.9 Å². The Balaban J connectivity index is 2.45. The van der Waals surface area contributed by atoms with Crippen molar-refractivity contribution >= 4 is 11.4 Å². The van der Waals surface area contributed by atoms with Crippen LogP contribution in [0.4, 0.5) is 5.69 Å². The van der Waals surface area contributed by atoms with Crippen molar-refractivity contribution in [2.45, 2.75) is 6.42 Å². The third-order valence-electron chi connectivity index (χ3n) is 2.19. The smallest absolute Gasteiger partial charge is 0.0373 e. The highest BCUT2D eigenvalue weighted by Crippen LogP contribution is 2.24. The molecule has 0 fully saturated rings. The van der Waals surface area contributed by atoms with Gasteiger partial charge in [0.2, 0.25) is 0 Å². The van der Waals surface area contributed by atoms with Crippen LogP contribution in [-0.4, -0.2) is 6.54 Å². The van der Waals surface area contributed by atoms with Gasteiger partial charge in [0.25, 0.3) is 0 Å². The minimum Gasteiger partial charge on any atom is -0.399 e. The summed E-state index contributed by atoms with van der Waals surface area (Å²) in [5.41, 5.74) is 9.86. The summed E-state index contributed by atoms with van der Waals surface area (Å²) >= 11 is 0. The van der Waals surface area contributed by atoms with Crippen LogP contribution >= 0.6 is 0 Å². The molecule has 1 aromatic rings. The summed E-state index contributed by atoms with van der Waals surface area (Å²) in [6, 6.07) is 6.17. The average molecular weight is 160 g/mol. The number of nitrogens with two attached hydrogens (primary N) is 1. The molecule has 0 amide bonds. The largest absolute Gasteiger partial charge is 0.399 e. The molecule has 3 N–H and O–H groups in total. The van der Waals surface area contributed by atoms with Crippen LogP contribution in [0.5, 0.6) is 0 Å². The molecule has 1 heterocycles. The molecule has 0 radical (unpaired) electrons. The maximum Gasteiger partial charge on any atom is 0.0373 e. The van der Waals surface area contributed by atoms with Crippen molar-refractivity contribution in [3.63, 3.8) is 0 Å². The monoisotopic (exact) mass is 160 g/mol. The van der Waals surface area contributed by atoms with E-state index < -0.39 is 0 Å². The Morgan fingerprint density at radius 2 is 2.33 bits per heavy atom. The molecular weight excluding hydrogens is 148 g/mol. The fourth-order valence-corrected chi connectivity index (χ4v) is 1.50. The van der Waals surface area contributed by atoms with Crippen LogP contribution in [0, 0.1) is 0 Å². The van der Waals surface area contributed by atoms with Crippen LogP contribution in [0.1, 0.15) is 11.1 Å². The van der Waals surface area contributed by atoms with Crippen LogP contribution in [0.2, 0.25) is 0 Å². The van der Waals surface area contributed by atoms with Gasteiger partial charge in [-0.05, 0) is 29.7 Å². The van der Waals surface area contributed by atoms with Crippen molar-refractivity contribution in [3.05, 3.63) is 35.9 Å². The third-order valence-corrected chi connectivity index (χ3v) is 2.19. The Morgan fingerprint density at radius 3 is 3.08 bits per heavy atom. The summed E-state index contributed by atoms with van der Waals surface area (Å²) in [7, 11) is 0. The van der Waals surface area contributed by atoms with Gasteiger partial charge in [-0.3, -0.25) is 0 Å². The molecular formula is C10H12N2. The van der Waals surface area contributed by atoms with E-state index in [-0.39, 0.29) is 0 Å². The number of hydrogen-bond donors (Lipinski definition) is 2. The van der Waals surface area contributed by atoms with Crippen LogP contribution in [0.3, 0.4) is 0 Å². The molecule has 1 aliphatic heterocycles. The lowest BCUT2D eigenvalue weighted by molar-refractivity contribution is 1.10. The van der Waals surface area contributed by atoms with E-state index in [1.807, 2.05) is 6.07 Å². The third kappa shape index (κ3) is 1.05. The van der Waals surface area contributed by atoms with E-state index in [9.17, 15) is 0 Å². The number of nitrogens with one attached hydrogen (secondary N) is 1. The topological polar surface area (TPSA) is 38.0 Å². The molecule has 0 bridgehead atoms. The number of rotatable bonds is 1. The van der Waals surface area contributed by atoms with Crippen LogP contribution in [0.15, 0.2) is 24.8 Å². The van der Waals surface area contributed by atoms with E-state index in [4.69, 9.17) is 5.73 Å². The Hall–Kier alpha value is -1.44. The molecule has 2 rings (SSSR count). The molecule has 0 unspecified atom stereocenters. The van der Waals surface area contributed by atoms with E-state index in [2.05, 4.69) is 24.0 Å².